The van der Waals surface area contributed by atoms with E-state index in [1.165, 1.54) is 6.26 Å². The van der Waals surface area contributed by atoms with E-state index in [9.17, 15) is 14.4 Å². The van der Waals surface area contributed by atoms with Crippen molar-refractivity contribution in [2.75, 3.05) is 10.6 Å². The van der Waals surface area contributed by atoms with E-state index in [1.54, 1.807) is 36.4 Å². The number of aliphatic carboxylic acids is 1. The number of carbonyl (C=O) groups is 3. The first-order valence-corrected chi connectivity index (χ1v) is 8.51. The van der Waals surface area contributed by atoms with Crippen molar-refractivity contribution in [3.63, 3.8) is 0 Å². The third kappa shape index (κ3) is 4.30. The van der Waals surface area contributed by atoms with Crippen molar-refractivity contribution in [2.45, 2.75) is 25.7 Å². The molecule has 2 amide bonds. The predicted octanol–water partition coefficient (Wildman–Crippen LogP) is 3.36. The lowest BCUT2D eigenvalue weighted by Gasteiger charge is -2.25. The van der Waals surface area contributed by atoms with Crippen molar-refractivity contribution in [1.29, 1.82) is 0 Å². The molecule has 0 saturated heterocycles. The van der Waals surface area contributed by atoms with Crippen LogP contribution >= 0.6 is 0 Å². The molecule has 1 aromatic carbocycles. The van der Waals surface area contributed by atoms with Crippen LogP contribution in [0.4, 0.5) is 11.4 Å². The van der Waals surface area contributed by atoms with Gasteiger partial charge in [-0.1, -0.05) is 6.42 Å². The van der Waals surface area contributed by atoms with E-state index in [1.807, 2.05) is 0 Å². The topological polar surface area (TPSA) is 109 Å². The van der Waals surface area contributed by atoms with Crippen LogP contribution < -0.4 is 10.6 Å². The fourth-order valence-corrected chi connectivity index (χ4v) is 3.13. The fourth-order valence-electron chi connectivity index (χ4n) is 3.13. The Labute approximate surface area is 150 Å². The van der Waals surface area contributed by atoms with Gasteiger partial charge < -0.3 is 20.2 Å². The molecule has 26 heavy (non-hydrogen) atoms. The molecule has 0 aliphatic heterocycles. The Hall–Kier alpha value is -3.09. The molecule has 7 heteroatoms. The summed E-state index contributed by atoms with van der Waals surface area (Å²) in [7, 11) is 0. The van der Waals surface area contributed by atoms with Crippen LogP contribution in [0.15, 0.2) is 47.1 Å². The molecule has 1 heterocycles. The second-order valence-corrected chi connectivity index (χ2v) is 6.40. The number of carbonyl (C=O) groups excluding carboxylic acids is 2. The molecule has 1 aliphatic rings. The number of nitrogens with one attached hydrogen (secondary N) is 2. The molecule has 1 aromatic heterocycles. The third-order valence-corrected chi connectivity index (χ3v) is 4.55. The molecule has 2 aromatic rings. The summed E-state index contributed by atoms with van der Waals surface area (Å²) in [6, 6.07) is 9.93. The number of hydrogen-bond acceptors (Lipinski definition) is 4. The Morgan fingerprint density at radius 1 is 0.962 bits per heavy atom. The van der Waals surface area contributed by atoms with Gasteiger partial charge in [0.2, 0.25) is 5.91 Å². The monoisotopic (exact) mass is 356 g/mol. The van der Waals surface area contributed by atoms with Crippen molar-refractivity contribution in [3.8, 4) is 0 Å². The van der Waals surface area contributed by atoms with Gasteiger partial charge in [-0.2, -0.15) is 0 Å². The first-order valence-electron chi connectivity index (χ1n) is 8.51. The van der Waals surface area contributed by atoms with E-state index in [2.05, 4.69) is 10.6 Å². The Balaban J connectivity index is 1.56. The van der Waals surface area contributed by atoms with Crippen LogP contribution in [0, 0.1) is 11.8 Å². The van der Waals surface area contributed by atoms with Crippen LogP contribution in [0.1, 0.15) is 36.2 Å². The van der Waals surface area contributed by atoms with Crippen LogP contribution in [-0.4, -0.2) is 22.9 Å². The van der Waals surface area contributed by atoms with Gasteiger partial charge in [0, 0.05) is 17.3 Å². The summed E-state index contributed by atoms with van der Waals surface area (Å²) in [5, 5.41) is 14.6. The van der Waals surface area contributed by atoms with Crippen molar-refractivity contribution in [2.24, 2.45) is 11.8 Å². The summed E-state index contributed by atoms with van der Waals surface area (Å²) in [4.78, 5) is 35.4. The van der Waals surface area contributed by atoms with E-state index in [0.29, 0.717) is 30.6 Å². The minimum absolute atomic E-state index is 0.164. The van der Waals surface area contributed by atoms with Crippen molar-refractivity contribution < 1.29 is 23.9 Å². The second kappa shape index (κ2) is 7.86. The quantitative estimate of drug-likeness (QED) is 0.761. The third-order valence-electron chi connectivity index (χ3n) is 4.55. The van der Waals surface area contributed by atoms with Gasteiger partial charge in [0.15, 0.2) is 5.76 Å². The van der Waals surface area contributed by atoms with Crippen LogP contribution in [0.2, 0.25) is 0 Å². The number of furan rings is 1. The summed E-state index contributed by atoms with van der Waals surface area (Å²) in [5.74, 6) is -1.87. The minimum Gasteiger partial charge on any atom is -0.481 e. The number of benzene rings is 1. The van der Waals surface area contributed by atoms with Gasteiger partial charge in [0.25, 0.3) is 5.91 Å². The largest absolute Gasteiger partial charge is 0.481 e. The maximum Gasteiger partial charge on any atom is 0.306 e. The van der Waals surface area contributed by atoms with E-state index < -0.39 is 11.9 Å². The summed E-state index contributed by atoms with van der Waals surface area (Å²) in [5.41, 5.74) is 1.18. The Kier molecular flexibility index (Phi) is 5.36. The Bertz CT molecular complexity index is 783. The van der Waals surface area contributed by atoms with Crippen LogP contribution in [0.3, 0.4) is 0 Å². The lowest BCUT2D eigenvalue weighted by Crippen LogP contribution is -2.30. The molecule has 2 atom stereocenters. The molecule has 3 N–H and O–H groups in total. The Morgan fingerprint density at radius 3 is 2.23 bits per heavy atom. The zero-order valence-electron chi connectivity index (χ0n) is 14.1. The van der Waals surface area contributed by atoms with Crippen molar-refractivity contribution >= 4 is 29.2 Å². The standard InChI is InChI=1S/C19H20N2O5/c22-17(12-3-1-4-13(11-12)19(24)25)20-14-6-8-15(9-7-14)21-18(23)16-5-2-10-26-16/h2,5-10,12-13H,1,3-4,11H2,(H,20,22)(H,21,23)(H,24,25). The number of carboxylic acids is 1. The number of carboxylic acid groups (broad SMARTS) is 1. The van der Waals surface area contributed by atoms with E-state index in [0.717, 1.165) is 6.42 Å². The highest BCUT2D eigenvalue weighted by molar-refractivity contribution is 6.02. The van der Waals surface area contributed by atoms with E-state index >= 15 is 0 Å². The van der Waals surface area contributed by atoms with Gasteiger partial charge in [-0.15, -0.1) is 0 Å². The first kappa shape index (κ1) is 17.7. The SMILES string of the molecule is O=C(Nc1ccc(NC(=O)C2CCCC(C(=O)O)C2)cc1)c1ccco1. The lowest BCUT2D eigenvalue weighted by atomic mass is 9.81. The number of anilines is 2. The van der Waals surface area contributed by atoms with Crippen LogP contribution in [0.25, 0.3) is 0 Å². The number of amides is 2. The van der Waals surface area contributed by atoms with Gasteiger partial charge in [-0.05, 0) is 55.7 Å². The zero-order chi connectivity index (χ0) is 18.5. The maximum atomic E-state index is 12.4. The highest BCUT2D eigenvalue weighted by Crippen LogP contribution is 2.30. The minimum atomic E-state index is -0.834. The zero-order valence-corrected chi connectivity index (χ0v) is 14.1. The molecule has 0 radical (unpaired) electrons. The van der Waals surface area contributed by atoms with Gasteiger partial charge in [0.05, 0.1) is 12.2 Å². The molecule has 1 fully saturated rings. The molecule has 1 aliphatic carbocycles. The smallest absolute Gasteiger partial charge is 0.306 e. The lowest BCUT2D eigenvalue weighted by molar-refractivity contribution is -0.143. The first-order chi connectivity index (χ1) is 12.5. The second-order valence-electron chi connectivity index (χ2n) is 6.40. The number of rotatable bonds is 5. The van der Waals surface area contributed by atoms with Crippen molar-refractivity contribution in [3.05, 3.63) is 48.4 Å². The highest BCUT2D eigenvalue weighted by atomic mass is 16.4. The summed E-state index contributed by atoms with van der Waals surface area (Å²) < 4.78 is 5.03. The molecule has 0 bridgehead atoms. The highest BCUT2D eigenvalue weighted by Gasteiger charge is 2.31. The van der Waals surface area contributed by atoms with Crippen LogP contribution in [-0.2, 0) is 9.59 Å². The molecular weight excluding hydrogens is 336 g/mol. The predicted molar refractivity (Wildman–Crippen MR) is 94.8 cm³/mol. The molecule has 2 unspecified atom stereocenters. The fraction of sp³-hybridized carbons (Fsp3) is 0.316. The van der Waals surface area contributed by atoms with Gasteiger partial charge in [-0.3, -0.25) is 14.4 Å². The summed E-state index contributed by atoms with van der Waals surface area (Å²) in [6.07, 6.45) is 3.87. The van der Waals surface area contributed by atoms with E-state index in [-0.39, 0.29) is 23.5 Å². The van der Waals surface area contributed by atoms with E-state index in [4.69, 9.17) is 9.52 Å². The summed E-state index contributed by atoms with van der Waals surface area (Å²) in [6.45, 7) is 0. The number of hydrogen-bond donors (Lipinski definition) is 3. The average Bonchev–Trinajstić information content (AvgIpc) is 3.18. The normalized spacial score (nSPS) is 19.5. The van der Waals surface area contributed by atoms with Gasteiger partial charge in [0.1, 0.15) is 0 Å². The summed E-state index contributed by atoms with van der Waals surface area (Å²) >= 11 is 0. The van der Waals surface area contributed by atoms with Gasteiger partial charge in [-0.25, -0.2) is 0 Å². The molecule has 136 valence electrons. The van der Waals surface area contributed by atoms with Gasteiger partial charge >= 0.3 is 5.97 Å². The molecular formula is C19H20N2O5. The Morgan fingerprint density at radius 2 is 1.62 bits per heavy atom. The average molecular weight is 356 g/mol. The maximum absolute atomic E-state index is 12.4. The van der Waals surface area contributed by atoms with Crippen LogP contribution in [0.5, 0.6) is 0 Å². The molecule has 7 nitrogen and oxygen atoms in total. The van der Waals surface area contributed by atoms with Crippen molar-refractivity contribution in [1.82, 2.24) is 0 Å². The molecule has 3 rings (SSSR count). The molecule has 0 spiro atoms. The molecule has 1 saturated carbocycles.